The van der Waals surface area contributed by atoms with E-state index >= 15 is 0 Å². The van der Waals surface area contributed by atoms with Crippen LogP contribution in [-0.2, 0) is 0 Å². The van der Waals surface area contributed by atoms with E-state index in [1.807, 2.05) is 48.2 Å². The average Bonchev–Trinajstić information content (AvgIpc) is 3.33. The summed E-state index contributed by atoms with van der Waals surface area (Å²) in [5, 5.41) is 8.15. The number of halogens is 1. The molecular formula is C28H25FN4OS. The van der Waals surface area contributed by atoms with E-state index < -0.39 is 0 Å². The Hall–Kier alpha value is -3.84. The minimum Gasteiger partial charge on any atom is -0.351 e. The van der Waals surface area contributed by atoms with Crippen LogP contribution >= 0.6 is 12.2 Å². The summed E-state index contributed by atoms with van der Waals surface area (Å²) in [5.74, 6) is 0.595. The van der Waals surface area contributed by atoms with Gasteiger partial charge in [-0.2, -0.15) is 4.98 Å². The molecule has 7 heteroatoms. The first-order valence-corrected chi connectivity index (χ1v) is 11.8. The smallest absolute Gasteiger partial charge is 0.258 e. The maximum absolute atomic E-state index is 14.5. The molecule has 0 amide bonds. The maximum Gasteiger partial charge on any atom is 0.258 e. The molecule has 0 bridgehead atoms. The predicted octanol–water partition coefficient (Wildman–Crippen LogP) is 6.67. The van der Waals surface area contributed by atoms with Crippen molar-refractivity contribution in [1.29, 1.82) is 0 Å². The Morgan fingerprint density at radius 2 is 1.66 bits per heavy atom. The van der Waals surface area contributed by atoms with Crippen molar-refractivity contribution in [2.24, 2.45) is 0 Å². The minimum atomic E-state index is -0.308. The Kier molecular flexibility index (Phi) is 5.94. The Balaban J connectivity index is 1.68. The van der Waals surface area contributed by atoms with Gasteiger partial charge in [0.15, 0.2) is 5.11 Å². The number of thiocarbonyl (C=S) groups is 1. The van der Waals surface area contributed by atoms with Crippen LogP contribution < -0.4 is 10.2 Å². The molecule has 1 unspecified atom stereocenters. The van der Waals surface area contributed by atoms with E-state index in [1.165, 1.54) is 17.2 Å². The predicted molar refractivity (Wildman–Crippen MR) is 140 cm³/mol. The van der Waals surface area contributed by atoms with Gasteiger partial charge in [0.2, 0.25) is 5.82 Å². The SMILES string of the molecule is CC1=C(c2nc(-c3ccccc3)no2)C(c2ccc(C)c(C)c2)NC(=S)N1c1ccc(C)c(F)c1. The summed E-state index contributed by atoms with van der Waals surface area (Å²) < 4.78 is 20.3. The van der Waals surface area contributed by atoms with Crippen molar-refractivity contribution in [2.45, 2.75) is 33.7 Å². The lowest BCUT2D eigenvalue weighted by Gasteiger charge is -2.37. The lowest BCUT2D eigenvalue weighted by molar-refractivity contribution is 0.404. The van der Waals surface area contributed by atoms with E-state index in [2.05, 4.69) is 42.5 Å². The van der Waals surface area contributed by atoms with Gasteiger partial charge in [-0.3, -0.25) is 4.90 Å². The third-order valence-corrected chi connectivity index (χ3v) is 6.75. The summed E-state index contributed by atoms with van der Waals surface area (Å²) in [6.07, 6.45) is 0. The first-order valence-electron chi connectivity index (χ1n) is 11.4. The van der Waals surface area contributed by atoms with Crippen LogP contribution in [0.5, 0.6) is 0 Å². The highest BCUT2D eigenvalue weighted by Crippen LogP contribution is 2.39. The Morgan fingerprint density at radius 1 is 0.914 bits per heavy atom. The van der Waals surface area contributed by atoms with Crippen molar-refractivity contribution in [3.63, 3.8) is 0 Å². The van der Waals surface area contributed by atoms with Crippen LogP contribution in [-0.4, -0.2) is 15.3 Å². The molecule has 1 atom stereocenters. The van der Waals surface area contributed by atoms with E-state index in [4.69, 9.17) is 21.7 Å². The fourth-order valence-corrected chi connectivity index (χ4v) is 4.64. The zero-order valence-electron chi connectivity index (χ0n) is 20.0. The molecule has 1 aliphatic rings. The van der Waals surface area contributed by atoms with Gasteiger partial charge >= 0.3 is 0 Å². The summed E-state index contributed by atoms with van der Waals surface area (Å²) in [4.78, 5) is 6.55. The first kappa shape index (κ1) is 22.9. The Labute approximate surface area is 209 Å². The van der Waals surface area contributed by atoms with Crippen molar-refractivity contribution in [1.82, 2.24) is 15.5 Å². The fraction of sp³-hybridized carbons (Fsp3) is 0.179. The summed E-state index contributed by atoms with van der Waals surface area (Å²) in [5.41, 5.74) is 7.05. The van der Waals surface area contributed by atoms with E-state index in [9.17, 15) is 4.39 Å². The van der Waals surface area contributed by atoms with Crippen LogP contribution in [0.3, 0.4) is 0 Å². The number of nitrogens with zero attached hydrogens (tertiary/aromatic N) is 3. The molecule has 1 N–H and O–H groups in total. The Morgan fingerprint density at radius 3 is 2.37 bits per heavy atom. The van der Waals surface area contributed by atoms with Gasteiger partial charge in [0.1, 0.15) is 5.82 Å². The largest absolute Gasteiger partial charge is 0.351 e. The molecule has 35 heavy (non-hydrogen) atoms. The molecule has 0 saturated carbocycles. The second-order valence-corrected chi connectivity index (χ2v) is 9.17. The number of nitrogens with one attached hydrogen (secondary N) is 1. The van der Waals surface area contributed by atoms with Crippen molar-refractivity contribution in [3.05, 3.63) is 106 Å². The number of hydrogen-bond donors (Lipinski definition) is 1. The van der Waals surface area contributed by atoms with Crippen LogP contribution in [0.1, 0.15) is 41.1 Å². The lowest BCUT2D eigenvalue weighted by Crippen LogP contribution is -2.46. The van der Waals surface area contributed by atoms with Gasteiger partial charge in [-0.15, -0.1) is 0 Å². The quantitative estimate of drug-likeness (QED) is 0.327. The van der Waals surface area contributed by atoms with Crippen molar-refractivity contribution < 1.29 is 8.91 Å². The third-order valence-electron chi connectivity index (χ3n) is 6.45. The molecule has 0 fully saturated rings. The monoisotopic (exact) mass is 484 g/mol. The molecule has 2 heterocycles. The van der Waals surface area contributed by atoms with Crippen LogP contribution in [0.4, 0.5) is 10.1 Å². The first-order chi connectivity index (χ1) is 16.8. The highest BCUT2D eigenvalue weighted by molar-refractivity contribution is 7.80. The van der Waals surface area contributed by atoms with E-state index in [-0.39, 0.29) is 11.9 Å². The molecule has 5 rings (SSSR count). The van der Waals surface area contributed by atoms with Crippen LogP contribution in [0.15, 0.2) is 77.0 Å². The average molecular weight is 485 g/mol. The van der Waals surface area contributed by atoms with Crippen molar-refractivity contribution in [2.75, 3.05) is 4.90 Å². The summed E-state index contributed by atoms with van der Waals surface area (Å²) in [7, 11) is 0. The molecular weight excluding hydrogens is 459 g/mol. The van der Waals surface area contributed by atoms with Gasteiger partial charge in [0, 0.05) is 11.3 Å². The third kappa shape index (κ3) is 4.23. The van der Waals surface area contributed by atoms with Crippen LogP contribution in [0.2, 0.25) is 0 Å². The fourth-order valence-electron chi connectivity index (χ4n) is 4.28. The highest BCUT2D eigenvalue weighted by Gasteiger charge is 2.35. The molecule has 5 nitrogen and oxygen atoms in total. The molecule has 1 aromatic heterocycles. The number of aryl methyl sites for hydroxylation is 3. The van der Waals surface area contributed by atoms with Gasteiger partial charge in [-0.1, -0.05) is 59.8 Å². The number of benzene rings is 3. The Bertz CT molecular complexity index is 1460. The van der Waals surface area contributed by atoms with Gasteiger partial charge in [-0.25, -0.2) is 4.39 Å². The summed E-state index contributed by atoms with van der Waals surface area (Å²) in [6.45, 7) is 7.84. The van der Waals surface area contributed by atoms with E-state index in [0.717, 1.165) is 22.4 Å². The molecule has 0 aliphatic carbocycles. The summed E-state index contributed by atoms with van der Waals surface area (Å²) in [6, 6.07) is 20.8. The molecule has 3 aromatic carbocycles. The number of anilines is 1. The van der Waals surface area contributed by atoms with Gasteiger partial charge < -0.3 is 9.84 Å². The van der Waals surface area contributed by atoms with Crippen LogP contribution in [0, 0.1) is 26.6 Å². The zero-order valence-corrected chi connectivity index (χ0v) is 20.8. The van der Waals surface area contributed by atoms with Crippen LogP contribution in [0.25, 0.3) is 17.0 Å². The molecule has 0 spiro atoms. The van der Waals surface area contributed by atoms with E-state index in [0.29, 0.717) is 28.1 Å². The topological polar surface area (TPSA) is 54.2 Å². The number of hydrogen-bond acceptors (Lipinski definition) is 4. The minimum absolute atomic E-state index is 0.292. The zero-order chi connectivity index (χ0) is 24.7. The number of aromatic nitrogens is 2. The molecule has 0 radical (unpaired) electrons. The molecule has 0 saturated heterocycles. The van der Waals surface area contributed by atoms with Crippen molar-refractivity contribution >= 4 is 28.6 Å². The standard InChI is InChI=1S/C28H25FN4OS/c1-16-10-12-21(14-18(16)3)25-24(27-31-26(32-34-27)20-8-6-5-7-9-20)19(4)33(28(35)30-25)22-13-11-17(2)23(29)15-22/h5-15,25H,1-4H3,(H,30,35). The van der Waals surface area contributed by atoms with Crippen molar-refractivity contribution in [3.8, 4) is 11.4 Å². The normalized spacial score (nSPS) is 16.0. The van der Waals surface area contributed by atoms with Gasteiger partial charge in [0.05, 0.1) is 17.3 Å². The molecule has 176 valence electrons. The molecule has 1 aliphatic heterocycles. The molecule has 4 aromatic rings. The lowest BCUT2D eigenvalue weighted by atomic mass is 9.92. The maximum atomic E-state index is 14.5. The highest BCUT2D eigenvalue weighted by atomic mass is 32.1. The number of rotatable bonds is 4. The van der Waals surface area contributed by atoms with Gasteiger partial charge in [0.25, 0.3) is 5.89 Å². The van der Waals surface area contributed by atoms with Gasteiger partial charge in [-0.05, 0) is 74.3 Å². The number of allylic oxidation sites excluding steroid dienone is 1. The second kappa shape index (κ2) is 9.07. The summed E-state index contributed by atoms with van der Waals surface area (Å²) >= 11 is 5.77. The van der Waals surface area contributed by atoms with E-state index in [1.54, 1.807) is 13.0 Å². The second-order valence-electron chi connectivity index (χ2n) is 8.78.